The highest BCUT2D eigenvalue weighted by atomic mass is 32.1. The number of aryl methyl sites for hydroxylation is 1. The van der Waals surface area contributed by atoms with Gasteiger partial charge in [-0.2, -0.15) is 0 Å². The Kier molecular flexibility index (Phi) is 4.17. The number of anilines is 1. The molecule has 5 heteroatoms. The van der Waals surface area contributed by atoms with Crippen LogP contribution in [0.1, 0.15) is 31.5 Å². The van der Waals surface area contributed by atoms with Crippen LogP contribution >= 0.6 is 11.3 Å². The normalized spacial score (nSPS) is 18.8. The molecule has 0 spiro atoms. The zero-order valence-corrected chi connectivity index (χ0v) is 12.9. The van der Waals surface area contributed by atoms with Crippen molar-refractivity contribution in [2.24, 2.45) is 0 Å². The summed E-state index contributed by atoms with van der Waals surface area (Å²) in [6.07, 6.45) is 5.24. The monoisotopic (exact) mass is 291 g/mol. The number of hydrogen-bond donors (Lipinski definition) is 0. The molecule has 2 aromatic heterocycles. The van der Waals surface area contributed by atoms with Crippen LogP contribution in [0.2, 0.25) is 0 Å². The minimum atomic E-state index is 0.484. The molecule has 3 heterocycles. The predicted molar refractivity (Wildman–Crippen MR) is 83.6 cm³/mol. The summed E-state index contributed by atoms with van der Waals surface area (Å²) in [5, 5.41) is 2.09. The van der Waals surface area contributed by atoms with E-state index < -0.39 is 0 Å². The molecule has 1 fully saturated rings. The molecular weight excluding hydrogens is 270 g/mol. The maximum atomic E-state index is 5.68. The second-order valence-electron chi connectivity index (χ2n) is 5.43. The van der Waals surface area contributed by atoms with Gasteiger partial charge in [0.25, 0.3) is 0 Å². The minimum absolute atomic E-state index is 0.484. The molecule has 2 aromatic rings. The minimum Gasteiger partial charge on any atom is -0.378 e. The number of fused-ring (bicyclic) bond motifs is 1. The van der Waals surface area contributed by atoms with E-state index in [0.717, 1.165) is 43.2 Å². The van der Waals surface area contributed by atoms with Gasteiger partial charge in [-0.05, 0) is 44.1 Å². The van der Waals surface area contributed by atoms with Crippen LogP contribution in [0.4, 0.5) is 5.82 Å². The largest absolute Gasteiger partial charge is 0.378 e. The van der Waals surface area contributed by atoms with Crippen LogP contribution in [0.25, 0.3) is 10.2 Å². The third-order valence-electron chi connectivity index (χ3n) is 3.80. The van der Waals surface area contributed by atoms with Crippen LogP contribution in [0.15, 0.2) is 11.4 Å². The third kappa shape index (κ3) is 2.94. The van der Waals surface area contributed by atoms with Crippen molar-refractivity contribution >= 4 is 27.4 Å². The van der Waals surface area contributed by atoms with E-state index in [2.05, 4.69) is 33.4 Å². The molecule has 20 heavy (non-hydrogen) atoms. The highest BCUT2D eigenvalue weighted by Crippen LogP contribution is 2.28. The fourth-order valence-electron chi connectivity index (χ4n) is 2.75. The molecule has 1 aliphatic heterocycles. The zero-order valence-electron chi connectivity index (χ0n) is 12.1. The van der Waals surface area contributed by atoms with Gasteiger partial charge in [-0.15, -0.1) is 11.3 Å². The molecular formula is C15H21N3OS. The number of ether oxygens (including phenoxy) is 1. The van der Waals surface area contributed by atoms with E-state index in [1.54, 1.807) is 11.3 Å². The van der Waals surface area contributed by atoms with Crippen LogP contribution in [-0.2, 0) is 4.74 Å². The number of rotatable bonds is 5. The molecule has 1 atom stereocenters. The van der Waals surface area contributed by atoms with Crippen LogP contribution in [0.5, 0.6) is 0 Å². The molecule has 3 rings (SSSR count). The SMILES string of the molecule is Cc1nc(N(C)CCCC2CCCO2)c2sccc2n1. The Morgan fingerprint density at radius 2 is 2.35 bits per heavy atom. The maximum absolute atomic E-state index is 5.68. The lowest BCUT2D eigenvalue weighted by Crippen LogP contribution is -2.21. The fourth-order valence-corrected chi connectivity index (χ4v) is 3.63. The van der Waals surface area contributed by atoms with Gasteiger partial charge in [0, 0.05) is 20.2 Å². The number of aromatic nitrogens is 2. The van der Waals surface area contributed by atoms with Gasteiger partial charge in [-0.25, -0.2) is 9.97 Å². The standard InChI is InChI=1S/C15H21N3OS/c1-11-16-13-7-10-20-14(13)15(17-11)18(2)8-3-5-12-6-4-9-19-12/h7,10,12H,3-6,8-9H2,1-2H3. The van der Waals surface area contributed by atoms with Gasteiger partial charge in [-0.3, -0.25) is 0 Å². The second-order valence-corrected chi connectivity index (χ2v) is 6.34. The summed E-state index contributed by atoms with van der Waals surface area (Å²) in [5.41, 5.74) is 1.06. The van der Waals surface area contributed by atoms with Gasteiger partial charge in [0.05, 0.1) is 16.3 Å². The average Bonchev–Trinajstić information content (AvgIpc) is 3.08. The van der Waals surface area contributed by atoms with Crippen molar-refractivity contribution < 1.29 is 4.74 Å². The van der Waals surface area contributed by atoms with E-state index in [4.69, 9.17) is 4.74 Å². The van der Waals surface area contributed by atoms with E-state index in [0.29, 0.717) is 6.10 Å². The van der Waals surface area contributed by atoms with Crippen LogP contribution in [-0.4, -0.2) is 36.3 Å². The first-order valence-corrected chi connectivity index (χ1v) is 8.16. The molecule has 0 N–H and O–H groups in total. The van der Waals surface area contributed by atoms with Crippen LogP contribution < -0.4 is 4.90 Å². The quantitative estimate of drug-likeness (QED) is 0.846. The molecule has 108 valence electrons. The Balaban J connectivity index is 1.65. The summed E-state index contributed by atoms with van der Waals surface area (Å²) in [5.74, 6) is 1.91. The van der Waals surface area contributed by atoms with E-state index >= 15 is 0 Å². The Morgan fingerprint density at radius 3 is 3.15 bits per heavy atom. The van der Waals surface area contributed by atoms with Crippen LogP contribution in [0.3, 0.4) is 0 Å². The molecule has 1 saturated heterocycles. The second kappa shape index (κ2) is 6.06. The summed E-state index contributed by atoms with van der Waals surface area (Å²) in [4.78, 5) is 11.3. The van der Waals surface area contributed by atoms with Crippen molar-refractivity contribution in [3.05, 3.63) is 17.3 Å². The maximum Gasteiger partial charge on any atom is 0.150 e. The van der Waals surface area contributed by atoms with Crippen molar-refractivity contribution in [3.63, 3.8) is 0 Å². The van der Waals surface area contributed by atoms with Gasteiger partial charge < -0.3 is 9.64 Å². The van der Waals surface area contributed by atoms with Crippen molar-refractivity contribution in [1.82, 2.24) is 9.97 Å². The first kappa shape index (κ1) is 13.8. The van der Waals surface area contributed by atoms with E-state index in [1.165, 1.54) is 17.5 Å². The van der Waals surface area contributed by atoms with Gasteiger partial charge in [0.1, 0.15) is 11.6 Å². The number of nitrogens with zero attached hydrogens (tertiary/aromatic N) is 3. The molecule has 0 aliphatic carbocycles. The average molecular weight is 291 g/mol. The summed E-state index contributed by atoms with van der Waals surface area (Å²) in [6, 6.07) is 2.07. The molecule has 0 amide bonds. The topological polar surface area (TPSA) is 38.2 Å². The smallest absolute Gasteiger partial charge is 0.150 e. The lowest BCUT2D eigenvalue weighted by atomic mass is 10.1. The molecule has 1 unspecified atom stereocenters. The fraction of sp³-hybridized carbons (Fsp3) is 0.600. The van der Waals surface area contributed by atoms with Crippen molar-refractivity contribution in [1.29, 1.82) is 0 Å². The van der Waals surface area contributed by atoms with Gasteiger partial charge in [-0.1, -0.05) is 0 Å². The molecule has 0 bridgehead atoms. The molecule has 1 aliphatic rings. The molecule has 0 aromatic carbocycles. The zero-order chi connectivity index (χ0) is 13.9. The Bertz CT molecular complexity index is 578. The van der Waals surface area contributed by atoms with E-state index in [-0.39, 0.29) is 0 Å². The Morgan fingerprint density at radius 1 is 1.45 bits per heavy atom. The van der Waals surface area contributed by atoms with Crippen LogP contribution in [0, 0.1) is 6.92 Å². The molecule has 0 radical (unpaired) electrons. The summed E-state index contributed by atoms with van der Waals surface area (Å²) < 4.78 is 6.87. The van der Waals surface area contributed by atoms with Gasteiger partial charge >= 0.3 is 0 Å². The van der Waals surface area contributed by atoms with Crippen molar-refractivity contribution in [2.45, 2.75) is 38.7 Å². The highest BCUT2D eigenvalue weighted by molar-refractivity contribution is 7.17. The first-order valence-electron chi connectivity index (χ1n) is 7.28. The number of thiophene rings is 1. The lowest BCUT2D eigenvalue weighted by Gasteiger charge is -2.20. The molecule has 0 saturated carbocycles. The highest BCUT2D eigenvalue weighted by Gasteiger charge is 2.16. The summed E-state index contributed by atoms with van der Waals surface area (Å²) >= 11 is 1.72. The predicted octanol–water partition coefficient (Wildman–Crippen LogP) is 3.40. The van der Waals surface area contributed by atoms with E-state index in [1.807, 2.05) is 6.92 Å². The summed E-state index contributed by atoms with van der Waals surface area (Å²) in [7, 11) is 2.12. The van der Waals surface area contributed by atoms with E-state index in [9.17, 15) is 0 Å². The Hall–Kier alpha value is -1.20. The summed E-state index contributed by atoms with van der Waals surface area (Å²) in [6.45, 7) is 3.92. The van der Waals surface area contributed by atoms with Crippen molar-refractivity contribution in [2.75, 3.05) is 25.1 Å². The van der Waals surface area contributed by atoms with Gasteiger partial charge in [0.15, 0.2) is 0 Å². The van der Waals surface area contributed by atoms with Crippen molar-refractivity contribution in [3.8, 4) is 0 Å². The Labute approximate surface area is 123 Å². The van der Waals surface area contributed by atoms with Gasteiger partial charge in [0.2, 0.25) is 0 Å². The lowest BCUT2D eigenvalue weighted by molar-refractivity contribution is 0.103. The molecule has 4 nitrogen and oxygen atoms in total. The number of hydrogen-bond acceptors (Lipinski definition) is 5. The third-order valence-corrected chi connectivity index (χ3v) is 4.70. The first-order chi connectivity index (χ1) is 9.74.